The Balaban J connectivity index is 1.93. The highest BCUT2D eigenvalue weighted by molar-refractivity contribution is 6.06. The van der Waals surface area contributed by atoms with Gasteiger partial charge in [0.2, 0.25) is 13.6 Å². The number of nitrogens with zero attached hydrogens (tertiary/aromatic N) is 1. The Hall–Kier alpha value is -3.43. The molecule has 0 aliphatic carbocycles. The fourth-order valence-corrected chi connectivity index (χ4v) is 4.08. The van der Waals surface area contributed by atoms with Crippen LogP contribution in [0.1, 0.15) is 16.7 Å². The highest BCUT2D eigenvalue weighted by Crippen LogP contribution is 2.49. The van der Waals surface area contributed by atoms with Gasteiger partial charge in [0.1, 0.15) is 0 Å². The van der Waals surface area contributed by atoms with Gasteiger partial charge in [-0.15, -0.1) is 0 Å². The highest BCUT2D eigenvalue weighted by atomic mass is 16.7. The third-order valence-corrected chi connectivity index (χ3v) is 5.39. The first-order chi connectivity index (χ1) is 13.7. The summed E-state index contributed by atoms with van der Waals surface area (Å²) < 4.78 is 22.4. The van der Waals surface area contributed by atoms with Crippen LogP contribution in [-0.2, 0) is 13.0 Å². The summed E-state index contributed by atoms with van der Waals surface area (Å²) in [6, 6.07) is 11.8. The molecule has 0 aromatic heterocycles. The highest BCUT2D eigenvalue weighted by Gasteiger charge is 2.26. The zero-order valence-corrected chi connectivity index (χ0v) is 15.2. The van der Waals surface area contributed by atoms with Crippen LogP contribution in [0.4, 0.5) is 0 Å². The number of ether oxygens (including phenoxy) is 4. The van der Waals surface area contributed by atoms with Crippen molar-refractivity contribution in [2.45, 2.75) is 20.0 Å². The second kappa shape index (κ2) is 6.32. The topological polar surface area (TPSA) is 80.9 Å². The number of benzene rings is 3. The van der Waals surface area contributed by atoms with Crippen LogP contribution in [0, 0.1) is 18.3 Å². The molecule has 0 saturated carbocycles. The predicted molar refractivity (Wildman–Crippen MR) is 102 cm³/mol. The van der Waals surface area contributed by atoms with E-state index in [1.807, 2.05) is 37.3 Å². The van der Waals surface area contributed by atoms with Gasteiger partial charge < -0.3 is 24.1 Å². The maximum atomic E-state index is 10.1. The largest absolute Gasteiger partial charge is 0.454 e. The van der Waals surface area contributed by atoms with E-state index in [4.69, 9.17) is 18.9 Å². The van der Waals surface area contributed by atoms with Gasteiger partial charge in [0.05, 0.1) is 19.1 Å². The molecule has 1 N–H and O–H groups in total. The molecule has 3 aromatic carbocycles. The first kappa shape index (κ1) is 16.7. The molecule has 0 radical (unpaired) electrons. The molecule has 3 aromatic rings. The summed E-state index contributed by atoms with van der Waals surface area (Å²) >= 11 is 0. The molecule has 2 aliphatic heterocycles. The Morgan fingerprint density at radius 2 is 1.71 bits per heavy atom. The molecule has 0 amide bonds. The molecule has 0 spiro atoms. The van der Waals surface area contributed by atoms with E-state index in [1.165, 1.54) is 0 Å². The molecule has 0 unspecified atom stereocenters. The van der Waals surface area contributed by atoms with Crippen molar-refractivity contribution in [1.29, 1.82) is 5.26 Å². The SMILES string of the molecule is Cc1c(CO)c(CC#N)c(-c2ccc3c(c2)OCO3)c2c3c(ccc12)OCO3. The van der Waals surface area contributed by atoms with Gasteiger partial charge >= 0.3 is 0 Å². The average Bonchev–Trinajstić information content (AvgIpc) is 3.37. The summed E-state index contributed by atoms with van der Waals surface area (Å²) in [6.45, 7) is 2.15. The number of aliphatic hydroxyl groups is 1. The third kappa shape index (κ3) is 2.30. The predicted octanol–water partition coefficient (Wildman–Crippen LogP) is 3.83. The molecule has 0 bridgehead atoms. The van der Waals surface area contributed by atoms with E-state index in [-0.39, 0.29) is 26.6 Å². The fourth-order valence-electron chi connectivity index (χ4n) is 4.08. The zero-order chi connectivity index (χ0) is 19.3. The Bertz CT molecular complexity index is 1160. The average molecular weight is 375 g/mol. The van der Waals surface area contributed by atoms with Gasteiger partial charge in [-0.3, -0.25) is 0 Å². The lowest BCUT2D eigenvalue weighted by atomic mass is 9.85. The molecule has 6 nitrogen and oxygen atoms in total. The van der Waals surface area contributed by atoms with Gasteiger partial charge in [0.25, 0.3) is 0 Å². The van der Waals surface area contributed by atoms with Crippen molar-refractivity contribution in [3.63, 3.8) is 0 Å². The molecule has 5 rings (SSSR count). The number of hydrogen-bond donors (Lipinski definition) is 1. The molecule has 0 saturated heterocycles. The van der Waals surface area contributed by atoms with E-state index in [9.17, 15) is 10.4 Å². The lowest BCUT2D eigenvalue weighted by Gasteiger charge is -2.20. The van der Waals surface area contributed by atoms with Gasteiger partial charge in [-0.05, 0) is 58.3 Å². The van der Waals surface area contributed by atoms with E-state index in [0.29, 0.717) is 23.0 Å². The molecule has 28 heavy (non-hydrogen) atoms. The monoisotopic (exact) mass is 375 g/mol. The van der Waals surface area contributed by atoms with Crippen molar-refractivity contribution in [3.05, 3.63) is 47.0 Å². The van der Waals surface area contributed by atoms with Crippen LogP contribution >= 0.6 is 0 Å². The van der Waals surface area contributed by atoms with Crippen LogP contribution in [0.5, 0.6) is 23.0 Å². The number of hydrogen-bond acceptors (Lipinski definition) is 6. The van der Waals surface area contributed by atoms with Crippen molar-refractivity contribution in [2.24, 2.45) is 0 Å². The van der Waals surface area contributed by atoms with Gasteiger partial charge in [0, 0.05) is 5.39 Å². The summed E-state index contributed by atoms with van der Waals surface area (Å²) in [4.78, 5) is 0. The summed E-state index contributed by atoms with van der Waals surface area (Å²) in [5.74, 6) is 2.68. The Morgan fingerprint density at radius 1 is 0.964 bits per heavy atom. The molecular formula is C22H17NO5. The quantitative estimate of drug-likeness (QED) is 0.749. The van der Waals surface area contributed by atoms with Crippen molar-refractivity contribution in [2.75, 3.05) is 13.6 Å². The van der Waals surface area contributed by atoms with Crippen molar-refractivity contribution >= 4 is 10.8 Å². The molecule has 2 aliphatic rings. The van der Waals surface area contributed by atoms with Gasteiger partial charge in [0.15, 0.2) is 23.0 Å². The normalized spacial score (nSPS) is 13.8. The van der Waals surface area contributed by atoms with Crippen LogP contribution in [0.25, 0.3) is 21.9 Å². The molecule has 140 valence electrons. The molecule has 0 fully saturated rings. The molecule has 0 atom stereocenters. The number of aliphatic hydroxyl groups excluding tert-OH is 1. The van der Waals surface area contributed by atoms with Crippen molar-refractivity contribution in [1.82, 2.24) is 0 Å². The van der Waals surface area contributed by atoms with E-state index < -0.39 is 0 Å². The van der Waals surface area contributed by atoms with Gasteiger partial charge in [-0.2, -0.15) is 5.26 Å². The summed E-state index contributed by atoms with van der Waals surface area (Å²) in [5, 5.41) is 21.4. The Kier molecular flexibility index (Phi) is 3.78. The number of rotatable bonds is 3. The molecule has 6 heteroatoms. The number of nitriles is 1. The smallest absolute Gasteiger partial charge is 0.231 e. The molecular weight excluding hydrogens is 358 g/mol. The van der Waals surface area contributed by atoms with Crippen LogP contribution in [-0.4, -0.2) is 18.7 Å². The van der Waals surface area contributed by atoms with E-state index in [0.717, 1.165) is 38.6 Å². The lowest BCUT2D eigenvalue weighted by molar-refractivity contribution is 0.174. The minimum absolute atomic E-state index is 0.148. The van der Waals surface area contributed by atoms with E-state index in [1.54, 1.807) is 0 Å². The van der Waals surface area contributed by atoms with Crippen molar-refractivity contribution in [3.8, 4) is 40.2 Å². The maximum Gasteiger partial charge on any atom is 0.231 e. The summed E-state index contributed by atoms with van der Waals surface area (Å²) in [5.41, 5.74) is 4.22. The van der Waals surface area contributed by atoms with E-state index >= 15 is 0 Å². The Morgan fingerprint density at radius 3 is 2.54 bits per heavy atom. The van der Waals surface area contributed by atoms with Gasteiger partial charge in [-0.25, -0.2) is 0 Å². The van der Waals surface area contributed by atoms with Crippen molar-refractivity contribution < 1.29 is 24.1 Å². The van der Waals surface area contributed by atoms with Gasteiger partial charge in [-0.1, -0.05) is 12.1 Å². The number of fused-ring (bicyclic) bond motifs is 4. The maximum absolute atomic E-state index is 10.1. The second-order valence-electron chi connectivity index (χ2n) is 6.74. The zero-order valence-electron chi connectivity index (χ0n) is 15.2. The van der Waals surface area contributed by atoms with Crippen LogP contribution < -0.4 is 18.9 Å². The van der Waals surface area contributed by atoms with Crippen LogP contribution in [0.3, 0.4) is 0 Å². The fraction of sp³-hybridized carbons (Fsp3) is 0.227. The summed E-state index contributed by atoms with van der Waals surface area (Å²) in [7, 11) is 0. The first-order valence-electron chi connectivity index (χ1n) is 8.97. The van der Waals surface area contributed by atoms with Crippen LogP contribution in [0.15, 0.2) is 30.3 Å². The summed E-state index contributed by atoms with van der Waals surface area (Å²) in [6.07, 6.45) is 0.168. The number of aryl methyl sites for hydroxylation is 1. The molecule has 2 heterocycles. The minimum Gasteiger partial charge on any atom is -0.454 e. The second-order valence-corrected chi connectivity index (χ2v) is 6.74. The van der Waals surface area contributed by atoms with E-state index in [2.05, 4.69) is 6.07 Å². The third-order valence-electron chi connectivity index (χ3n) is 5.39. The first-order valence-corrected chi connectivity index (χ1v) is 8.97. The lowest BCUT2D eigenvalue weighted by Crippen LogP contribution is -2.03. The van der Waals surface area contributed by atoms with Crippen LogP contribution in [0.2, 0.25) is 0 Å². The standard InChI is InChI=1S/C22H17NO5/c1-12-14-3-5-18-22(28-11-26-18)21(14)20(15(6-7-23)16(12)9-24)13-2-4-17-19(8-13)27-10-25-17/h2-5,8,24H,6,9-11H2,1H3. The minimum atomic E-state index is -0.148. The Labute approximate surface area is 161 Å².